The predicted octanol–water partition coefficient (Wildman–Crippen LogP) is 5.21. The molecule has 0 aromatic heterocycles. The van der Waals surface area contributed by atoms with E-state index in [1.54, 1.807) is 13.8 Å². The lowest BCUT2D eigenvalue weighted by atomic mass is 9.99. The first kappa shape index (κ1) is 29.5. The zero-order valence-corrected chi connectivity index (χ0v) is 21.4. The Morgan fingerprint density at radius 2 is 1.47 bits per heavy atom. The third-order valence-corrected chi connectivity index (χ3v) is 6.26. The Balaban J connectivity index is 2.35. The first-order valence-corrected chi connectivity index (χ1v) is 13.9. The summed E-state index contributed by atoms with van der Waals surface area (Å²) in [7, 11) is -4.65. The quantitative estimate of drug-likeness (QED) is 0.183. The van der Waals surface area contributed by atoms with Gasteiger partial charge < -0.3 is 24.6 Å². The van der Waals surface area contributed by atoms with E-state index >= 15 is 0 Å². The minimum absolute atomic E-state index is 0.273. The van der Waals surface area contributed by atoms with Gasteiger partial charge in [0.05, 0.1) is 18.8 Å². The summed E-state index contributed by atoms with van der Waals surface area (Å²) >= 11 is 0. The van der Waals surface area contributed by atoms with Crippen molar-refractivity contribution >= 4 is 13.7 Å². The van der Waals surface area contributed by atoms with Crippen molar-refractivity contribution in [1.29, 1.82) is 0 Å². The molecule has 1 aliphatic heterocycles. The lowest BCUT2D eigenvalue weighted by Gasteiger charge is -2.27. The minimum atomic E-state index is -4.65. The molecule has 1 saturated heterocycles. The lowest BCUT2D eigenvalue weighted by Crippen LogP contribution is -2.49. The molecule has 0 aromatic rings. The zero-order valence-electron chi connectivity index (χ0n) is 20.5. The van der Waals surface area contributed by atoms with Gasteiger partial charge in [0.15, 0.2) is 5.79 Å². The van der Waals surface area contributed by atoms with Crippen LogP contribution in [0.5, 0.6) is 0 Å². The normalized spacial score (nSPS) is 21.6. The Labute approximate surface area is 194 Å². The standard InChI is InChI=1S/C23H46NO7P/c1-5-6-7-8-9-10-11-12-13-14-15-16-17-21-22(31-23(3,4)30-21)20(24-19(2)25)18-29-32(26,27)28/h20-22H,5-18H2,1-4H3,(H,24,25)(H2,26,27,28)/t20-,21+,22-/m0/s1. The van der Waals surface area contributed by atoms with E-state index < -0.39 is 25.8 Å². The van der Waals surface area contributed by atoms with E-state index in [0.717, 1.165) is 19.3 Å². The van der Waals surface area contributed by atoms with E-state index in [-0.39, 0.29) is 18.6 Å². The average Bonchev–Trinajstić information content (AvgIpc) is 2.99. The van der Waals surface area contributed by atoms with Crippen LogP contribution in [0.25, 0.3) is 0 Å². The van der Waals surface area contributed by atoms with Gasteiger partial charge in [0.2, 0.25) is 5.91 Å². The van der Waals surface area contributed by atoms with Gasteiger partial charge in [-0.1, -0.05) is 84.0 Å². The molecule has 1 heterocycles. The van der Waals surface area contributed by atoms with Gasteiger partial charge in [-0.15, -0.1) is 0 Å². The number of amides is 1. The molecule has 8 nitrogen and oxygen atoms in total. The minimum Gasteiger partial charge on any atom is -0.349 e. The Hall–Kier alpha value is -0.500. The summed E-state index contributed by atoms with van der Waals surface area (Å²) in [5.74, 6) is -1.15. The Morgan fingerprint density at radius 3 is 1.94 bits per heavy atom. The molecule has 0 radical (unpaired) electrons. The maximum Gasteiger partial charge on any atom is 0.469 e. The van der Waals surface area contributed by atoms with Gasteiger partial charge in [-0.05, 0) is 20.3 Å². The maximum absolute atomic E-state index is 11.6. The first-order chi connectivity index (χ1) is 15.0. The summed E-state index contributed by atoms with van der Waals surface area (Å²) < 4.78 is 27.8. The summed E-state index contributed by atoms with van der Waals surface area (Å²) in [6.45, 7) is 6.86. The van der Waals surface area contributed by atoms with Gasteiger partial charge in [-0.25, -0.2) is 4.57 Å². The molecule has 0 aliphatic carbocycles. The second kappa shape index (κ2) is 15.4. The third kappa shape index (κ3) is 13.9. The summed E-state index contributed by atoms with van der Waals surface area (Å²) in [5, 5.41) is 2.70. The molecule has 1 fully saturated rings. The molecule has 1 aliphatic rings. The van der Waals surface area contributed by atoms with Gasteiger partial charge in [0.1, 0.15) is 6.10 Å². The van der Waals surface area contributed by atoms with Crippen LogP contribution in [-0.2, 0) is 23.4 Å². The summed E-state index contributed by atoms with van der Waals surface area (Å²) in [5.41, 5.74) is 0. The van der Waals surface area contributed by atoms with Crippen molar-refractivity contribution in [3.8, 4) is 0 Å². The number of hydrogen-bond donors (Lipinski definition) is 3. The second-order valence-electron chi connectivity index (χ2n) is 9.41. The molecular weight excluding hydrogens is 433 g/mol. The zero-order chi connectivity index (χ0) is 24.0. The topological polar surface area (TPSA) is 114 Å². The molecule has 3 N–H and O–H groups in total. The number of carbonyl (C=O) groups excluding carboxylic acids is 1. The number of phosphoric acid groups is 1. The van der Waals surface area contributed by atoms with E-state index in [9.17, 15) is 9.36 Å². The number of phosphoric ester groups is 1. The molecule has 3 atom stereocenters. The number of unbranched alkanes of at least 4 members (excludes halogenated alkanes) is 11. The van der Waals surface area contributed by atoms with Gasteiger partial charge in [0, 0.05) is 6.92 Å². The fourth-order valence-electron chi connectivity index (χ4n) is 4.27. The molecule has 1 amide bonds. The van der Waals surface area contributed by atoms with E-state index in [2.05, 4.69) is 16.8 Å². The van der Waals surface area contributed by atoms with Crippen molar-refractivity contribution in [2.45, 2.75) is 135 Å². The third-order valence-electron chi connectivity index (χ3n) is 5.77. The second-order valence-corrected chi connectivity index (χ2v) is 10.6. The highest BCUT2D eigenvalue weighted by Crippen LogP contribution is 2.38. The molecule has 0 spiro atoms. The average molecular weight is 480 g/mol. The molecular formula is C23H46NO7P. The number of ether oxygens (including phenoxy) is 2. The van der Waals surface area contributed by atoms with Crippen molar-refractivity contribution in [3.05, 3.63) is 0 Å². The fraction of sp³-hybridized carbons (Fsp3) is 0.957. The Bertz CT molecular complexity index is 567. The van der Waals surface area contributed by atoms with Gasteiger partial charge in [-0.3, -0.25) is 9.32 Å². The van der Waals surface area contributed by atoms with Crippen molar-refractivity contribution in [2.75, 3.05) is 6.61 Å². The van der Waals surface area contributed by atoms with Crippen LogP contribution >= 0.6 is 7.82 Å². The smallest absolute Gasteiger partial charge is 0.349 e. The van der Waals surface area contributed by atoms with E-state index in [1.807, 2.05) is 0 Å². The van der Waals surface area contributed by atoms with Crippen LogP contribution in [-0.4, -0.2) is 46.3 Å². The highest BCUT2D eigenvalue weighted by Gasteiger charge is 2.45. The van der Waals surface area contributed by atoms with Gasteiger partial charge >= 0.3 is 7.82 Å². The molecule has 0 bridgehead atoms. The highest BCUT2D eigenvalue weighted by atomic mass is 31.2. The van der Waals surface area contributed by atoms with E-state index in [1.165, 1.54) is 71.1 Å². The number of nitrogens with one attached hydrogen (secondary N) is 1. The van der Waals surface area contributed by atoms with Crippen molar-refractivity contribution in [3.63, 3.8) is 0 Å². The molecule has 0 saturated carbocycles. The predicted molar refractivity (Wildman–Crippen MR) is 125 cm³/mol. The largest absolute Gasteiger partial charge is 0.469 e. The van der Waals surface area contributed by atoms with Crippen molar-refractivity contribution in [1.82, 2.24) is 5.32 Å². The summed E-state index contributed by atoms with van der Waals surface area (Å²) in [6, 6.07) is -0.704. The van der Waals surface area contributed by atoms with Crippen LogP contribution in [0.2, 0.25) is 0 Å². The first-order valence-electron chi connectivity index (χ1n) is 12.4. The van der Waals surface area contributed by atoms with E-state index in [4.69, 9.17) is 19.3 Å². The number of rotatable bonds is 18. The monoisotopic (exact) mass is 479 g/mol. The van der Waals surface area contributed by atoms with Crippen LogP contribution in [0, 0.1) is 0 Å². The summed E-state index contributed by atoms with van der Waals surface area (Å²) in [6.07, 6.45) is 15.2. The molecule has 32 heavy (non-hydrogen) atoms. The van der Waals surface area contributed by atoms with Crippen LogP contribution in [0.1, 0.15) is 111 Å². The number of carbonyl (C=O) groups is 1. The van der Waals surface area contributed by atoms with E-state index in [0.29, 0.717) is 0 Å². The molecule has 0 aromatic carbocycles. The highest BCUT2D eigenvalue weighted by molar-refractivity contribution is 7.46. The molecule has 9 heteroatoms. The van der Waals surface area contributed by atoms with Gasteiger partial charge in [0.25, 0.3) is 0 Å². The number of hydrogen-bond acceptors (Lipinski definition) is 5. The van der Waals surface area contributed by atoms with Crippen LogP contribution in [0.4, 0.5) is 0 Å². The van der Waals surface area contributed by atoms with Crippen LogP contribution in [0.15, 0.2) is 0 Å². The maximum atomic E-state index is 11.6. The SMILES string of the molecule is CCCCCCCCCCCCCC[C@H]1OC(C)(C)O[C@H]1[C@H](COP(=O)(O)O)NC(C)=O. The summed E-state index contributed by atoms with van der Waals surface area (Å²) in [4.78, 5) is 29.7. The van der Waals surface area contributed by atoms with Crippen molar-refractivity contribution in [2.24, 2.45) is 0 Å². The molecule has 190 valence electrons. The Kier molecular flexibility index (Phi) is 14.2. The molecule has 0 unspecified atom stereocenters. The van der Waals surface area contributed by atoms with Gasteiger partial charge in [-0.2, -0.15) is 0 Å². The lowest BCUT2D eigenvalue weighted by molar-refractivity contribution is -0.150. The fourth-order valence-corrected chi connectivity index (χ4v) is 4.63. The van der Waals surface area contributed by atoms with Crippen molar-refractivity contribution < 1.29 is 33.1 Å². The van der Waals surface area contributed by atoms with Crippen LogP contribution < -0.4 is 5.32 Å². The molecule has 1 rings (SSSR count). The van der Waals surface area contributed by atoms with Crippen LogP contribution in [0.3, 0.4) is 0 Å². The Morgan fingerprint density at radius 1 is 0.969 bits per heavy atom.